The van der Waals surface area contributed by atoms with Gasteiger partial charge in [-0.05, 0) is 71.2 Å². The molecule has 2 aliphatic carbocycles. The minimum Gasteiger partial charge on any atom is -0.307 e. The molecule has 1 aromatic heterocycles. The molecule has 1 aromatic carbocycles. The molecule has 1 heterocycles. The summed E-state index contributed by atoms with van der Waals surface area (Å²) in [5.74, 6) is 0. The Kier molecular flexibility index (Phi) is 4.91. The van der Waals surface area contributed by atoms with Crippen LogP contribution < -0.4 is 5.32 Å². The van der Waals surface area contributed by atoms with Crippen LogP contribution >= 0.6 is 0 Å². The molecule has 0 saturated heterocycles. The second-order valence-corrected chi connectivity index (χ2v) is 7.89. The van der Waals surface area contributed by atoms with E-state index in [1.807, 2.05) is 0 Å². The molecule has 4 nitrogen and oxygen atoms in total. The molecule has 1 unspecified atom stereocenters. The topological polar surface area (TPSA) is 33.1 Å². The zero-order chi connectivity index (χ0) is 17.2. The first kappa shape index (κ1) is 16.8. The van der Waals surface area contributed by atoms with Gasteiger partial charge in [-0.25, -0.2) is 4.68 Å². The maximum Gasteiger partial charge on any atom is 0.0676 e. The van der Waals surface area contributed by atoms with Gasteiger partial charge in [-0.15, -0.1) is 0 Å². The van der Waals surface area contributed by atoms with E-state index >= 15 is 0 Å². The van der Waals surface area contributed by atoms with Gasteiger partial charge in [0.25, 0.3) is 0 Å². The molecular weight excluding hydrogens is 308 g/mol. The van der Waals surface area contributed by atoms with Crippen LogP contribution in [-0.2, 0) is 6.42 Å². The number of nitrogens with zero attached hydrogens (tertiary/aromatic N) is 3. The lowest BCUT2D eigenvalue weighted by Crippen LogP contribution is -2.41. The molecule has 1 atom stereocenters. The van der Waals surface area contributed by atoms with Crippen molar-refractivity contribution in [3.63, 3.8) is 0 Å². The van der Waals surface area contributed by atoms with Crippen LogP contribution in [0.4, 0.5) is 0 Å². The highest BCUT2D eigenvalue weighted by Gasteiger charge is 2.28. The minimum atomic E-state index is 0.474. The predicted octanol–water partition coefficient (Wildman–Crippen LogP) is 3.71. The largest absolute Gasteiger partial charge is 0.307 e. The van der Waals surface area contributed by atoms with E-state index in [1.165, 1.54) is 49.8 Å². The molecule has 4 heteroatoms. The molecule has 1 N–H and O–H groups in total. The van der Waals surface area contributed by atoms with Crippen LogP contribution in [0.2, 0.25) is 0 Å². The van der Waals surface area contributed by atoms with Crippen molar-refractivity contribution in [3.8, 4) is 5.69 Å². The number of para-hydroxylation sites is 1. The van der Waals surface area contributed by atoms with Crippen molar-refractivity contribution in [2.45, 2.75) is 63.1 Å². The van der Waals surface area contributed by atoms with E-state index in [2.05, 4.69) is 65.5 Å². The Balaban J connectivity index is 1.46. The van der Waals surface area contributed by atoms with Crippen LogP contribution in [0.25, 0.3) is 5.69 Å². The summed E-state index contributed by atoms with van der Waals surface area (Å²) < 4.78 is 2.06. The van der Waals surface area contributed by atoms with Gasteiger partial charge in [0, 0.05) is 29.9 Å². The summed E-state index contributed by atoms with van der Waals surface area (Å²) in [4.78, 5) is 2.39. The Hall–Kier alpha value is -1.65. The molecule has 0 radical (unpaired) electrons. The van der Waals surface area contributed by atoms with Gasteiger partial charge < -0.3 is 10.2 Å². The number of aromatic nitrogens is 2. The summed E-state index contributed by atoms with van der Waals surface area (Å²) in [6, 6.07) is 12.4. The maximum absolute atomic E-state index is 4.87. The molecule has 4 rings (SSSR count). The summed E-state index contributed by atoms with van der Waals surface area (Å²) in [6.45, 7) is 0. The SMILES string of the molecule is CN(C)C1CCC(NC2CCCc3nn(-c4ccccc4)cc32)CC1. The van der Waals surface area contributed by atoms with Gasteiger partial charge in [0.1, 0.15) is 0 Å². The second-order valence-electron chi connectivity index (χ2n) is 7.89. The highest BCUT2D eigenvalue weighted by Crippen LogP contribution is 2.32. The van der Waals surface area contributed by atoms with Gasteiger partial charge in [-0.3, -0.25) is 0 Å². The highest BCUT2D eigenvalue weighted by molar-refractivity contribution is 5.34. The van der Waals surface area contributed by atoms with E-state index in [4.69, 9.17) is 5.10 Å². The normalized spacial score (nSPS) is 26.6. The Labute approximate surface area is 151 Å². The van der Waals surface area contributed by atoms with E-state index in [9.17, 15) is 0 Å². The number of nitrogens with one attached hydrogen (secondary N) is 1. The van der Waals surface area contributed by atoms with Crippen LogP contribution in [-0.4, -0.2) is 40.9 Å². The Morgan fingerprint density at radius 2 is 1.80 bits per heavy atom. The van der Waals surface area contributed by atoms with Crippen LogP contribution in [0.3, 0.4) is 0 Å². The van der Waals surface area contributed by atoms with Gasteiger partial charge in [0.2, 0.25) is 0 Å². The lowest BCUT2D eigenvalue weighted by molar-refractivity contribution is 0.196. The summed E-state index contributed by atoms with van der Waals surface area (Å²) in [5.41, 5.74) is 3.86. The minimum absolute atomic E-state index is 0.474. The van der Waals surface area contributed by atoms with Gasteiger partial charge in [0.15, 0.2) is 0 Å². The summed E-state index contributed by atoms with van der Waals surface area (Å²) in [5, 5.41) is 8.84. The molecule has 0 spiro atoms. The fourth-order valence-corrected chi connectivity index (χ4v) is 4.47. The number of aryl methyl sites for hydroxylation is 1. The molecule has 2 aliphatic rings. The summed E-state index contributed by atoms with van der Waals surface area (Å²) in [7, 11) is 4.42. The van der Waals surface area contributed by atoms with Crippen molar-refractivity contribution >= 4 is 0 Å². The molecule has 2 aromatic rings. The molecule has 1 saturated carbocycles. The Morgan fingerprint density at radius 3 is 2.52 bits per heavy atom. The first-order valence-corrected chi connectivity index (χ1v) is 9.77. The van der Waals surface area contributed by atoms with Crippen LogP contribution in [0.5, 0.6) is 0 Å². The quantitative estimate of drug-likeness (QED) is 0.922. The smallest absolute Gasteiger partial charge is 0.0676 e. The number of fused-ring (bicyclic) bond motifs is 1. The zero-order valence-corrected chi connectivity index (χ0v) is 15.5. The zero-order valence-electron chi connectivity index (χ0n) is 15.5. The third kappa shape index (κ3) is 3.65. The van der Waals surface area contributed by atoms with E-state index in [0.717, 1.165) is 18.2 Å². The number of benzene rings is 1. The van der Waals surface area contributed by atoms with Crippen LogP contribution in [0.1, 0.15) is 55.8 Å². The van der Waals surface area contributed by atoms with Crippen molar-refractivity contribution in [1.29, 1.82) is 0 Å². The van der Waals surface area contributed by atoms with Gasteiger partial charge >= 0.3 is 0 Å². The molecule has 0 bridgehead atoms. The Bertz CT molecular complexity index is 683. The third-order valence-electron chi connectivity index (χ3n) is 5.99. The monoisotopic (exact) mass is 338 g/mol. The molecule has 1 fully saturated rings. The van der Waals surface area contributed by atoms with Crippen molar-refractivity contribution in [2.24, 2.45) is 0 Å². The molecule has 25 heavy (non-hydrogen) atoms. The van der Waals surface area contributed by atoms with Crippen molar-refractivity contribution in [3.05, 3.63) is 47.8 Å². The third-order valence-corrected chi connectivity index (χ3v) is 5.99. The molecule has 0 aliphatic heterocycles. The van der Waals surface area contributed by atoms with Gasteiger partial charge in [0.05, 0.1) is 11.4 Å². The highest BCUT2D eigenvalue weighted by atomic mass is 15.3. The van der Waals surface area contributed by atoms with Crippen molar-refractivity contribution in [2.75, 3.05) is 14.1 Å². The van der Waals surface area contributed by atoms with Crippen LogP contribution in [0.15, 0.2) is 36.5 Å². The van der Waals surface area contributed by atoms with Crippen LogP contribution in [0, 0.1) is 0 Å². The van der Waals surface area contributed by atoms with E-state index in [-0.39, 0.29) is 0 Å². The predicted molar refractivity (Wildman–Crippen MR) is 102 cm³/mol. The van der Waals surface area contributed by atoms with Crippen molar-refractivity contribution < 1.29 is 0 Å². The number of rotatable bonds is 4. The van der Waals surface area contributed by atoms with E-state index < -0.39 is 0 Å². The fraction of sp³-hybridized carbons (Fsp3) is 0.571. The lowest BCUT2D eigenvalue weighted by atomic mass is 9.87. The first-order valence-electron chi connectivity index (χ1n) is 9.77. The first-order chi connectivity index (χ1) is 12.2. The number of hydrogen-bond acceptors (Lipinski definition) is 3. The van der Waals surface area contributed by atoms with E-state index in [1.54, 1.807) is 0 Å². The standard InChI is InChI=1S/C21H30N4/c1-24(2)17-13-11-16(12-14-17)22-20-9-6-10-21-19(20)15-25(23-21)18-7-4-3-5-8-18/h3-5,7-8,15-17,20,22H,6,9-14H2,1-2H3. The number of hydrogen-bond donors (Lipinski definition) is 1. The molecular formula is C21H30N4. The fourth-order valence-electron chi connectivity index (χ4n) is 4.47. The van der Waals surface area contributed by atoms with Gasteiger partial charge in [-0.2, -0.15) is 5.10 Å². The molecule has 0 amide bonds. The van der Waals surface area contributed by atoms with Crippen molar-refractivity contribution in [1.82, 2.24) is 20.0 Å². The summed E-state index contributed by atoms with van der Waals surface area (Å²) in [6.07, 6.45) is 11.1. The summed E-state index contributed by atoms with van der Waals surface area (Å²) >= 11 is 0. The average molecular weight is 338 g/mol. The second kappa shape index (κ2) is 7.30. The average Bonchev–Trinajstić information content (AvgIpc) is 3.08. The maximum atomic E-state index is 4.87. The Morgan fingerprint density at radius 1 is 1.04 bits per heavy atom. The van der Waals surface area contributed by atoms with Gasteiger partial charge in [-0.1, -0.05) is 18.2 Å². The van der Waals surface area contributed by atoms with E-state index in [0.29, 0.717) is 12.1 Å². The molecule has 134 valence electrons. The lowest BCUT2D eigenvalue weighted by Gasteiger charge is -2.35.